The van der Waals surface area contributed by atoms with Crippen LogP contribution in [0.25, 0.3) is 11.0 Å². The van der Waals surface area contributed by atoms with Crippen molar-refractivity contribution < 1.29 is 28.6 Å². The number of aliphatic hydroxyl groups excluding tert-OH is 1. The lowest BCUT2D eigenvalue weighted by atomic mass is 9.85. The number of Topliss-reactive ketones (excluding diaryl/α,β-unsaturated/α-hetero) is 1. The number of carbonyl (C=O) groups is 2. The summed E-state index contributed by atoms with van der Waals surface area (Å²) in [6.45, 7) is 10.2. The van der Waals surface area contributed by atoms with Gasteiger partial charge in [-0.1, -0.05) is 56.6 Å². The van der Waals surface area contributed by atoms with Gasteiger partial charge in [-0.05, 0) is 66.8 Å². The van der Waals surface area contributed by atoms with E-state index in [4.69, 9.17) is 25.5 Å². The highest BCUT2D eigenvalue weighted by Crippen LogP contribution is 2.43. The van der Waals surface area contributed by atoms with Crippen molar-refractivity contribution in [1.29, 1.82) is 0 Å². The maximum Gasteiger partial charge on any atom is 0.294 e. The van der Waals surface area contributed by atoms with E-state index in [0.717, 1.165) is 5.56 Å². The SMILES string of the molecule is COc1cc(Cl)cc2cc(C(=O)C3=C(O)C(=O)N(c4ccc(OC(C)C)cc4)C3c3ccc(C(C)(C)C)cc3)oc12. The Bertz CT molecular complexity index is 1660. The van der Waals surface area contributed by atoms with Crippen LogP contribution in [0.15, 0.2) is 82.5 Å². The first-order valence-electron chi connectivity index (χ1n) is 13.3. The number of rotatable bonds is 7. The molecule has 1 aliphatic heterocycles. The van der Waals surface area contributed by atoms with Crippen molar-refractivity contribution in [3.63, 3.8) is 0 Å². The maximum absolute atomic E-state index is 14.0. The molecule has 7 nitrogen and oxygen atoms in total. The van der Waals surface area contributed by atoms with Gasteiger partial charge in [-0.3, -0.25) is 14.5 Å². The predicted molar refractivity (Wildman–Crippen MR) is 159 cm³/mol. The van der Waals surface area contributed by atoms with Gasteiger partial charge in [-0.15, -0.1) is 0 Å². The summed E-state index contributed by atoms with van der Waals surface area (Å²) in [5, 5.41) is 12.2. The van der Waals surface area contributed by atoms with Gasteiger partial charge in [0, 0.05) is 22.2 Å². The lowest BCUT2D eigenvalue weighted by molar-refractivity contribution is -0.117. The molecule has 1 N–H and O–H groups in total. The number of carbonyl (C=O) groups excluding carboxylic acids is 2. The Hall–Kier alpha value is -4.23. The number of anilines is 1. The molecule has 0 saturated heterocycles. The van der Waals surface area contributed by atoms with Gasteiger partial charge < -0.3 is 19.0 Å². The summed E-state index contributed by atoms with van der Waals surface area (Å²) in [6, 6.07) is 18.6. The molecule has 5 rings (SSSR count). The van der Waals surface area contributed by atoms with E-state index >= 15 is 0 Å². The molecule has 0 saturated carbocycles. The van der Waals surface area contributed by atoms with Crippen LogP contribution in [-0.4, -0.2) is 30.0 Å². The fourth-order valence-corrected chi connectivity index (χ4v) is 5.24. The van der Waals surface area contributed by atoms with E-state index in [1.54, 1.807) is 36.4 Å². The average molecular weight is 574 g/mol. The van der Waals surface area contributed by atoms with Gasteiger partial charge in [0.15, 0.2) is 22.9 Å². The number of methoxy groups -OCH3 is 1. The molecule has 1 unspecified atom stereocenters. The van der Waals surface area contributed by atoms with Crippen LogP contribution in [0.1, 0.15) is 62.3 Å². The van der Waals surface area contributed by atoms with Gasteiger partial charge in [0.25, 0.3) is 5.91 Å². The molecule has 0 fully saturated rings. The zero-order chi connectivity index (χ0) is 29.6. The number of amides is 1. The third-order valence-electron chi connectivity index (χ3n) is 7.02. The number of nitrogens with zero attached hydrogens (tertiary/aromatic N) is 1. The quantitative estimate of drug-likeness (QED) is 0.226. The monoisotopic (exact) mass is 573 g/mol. The summed E-state index contributed by atoms with van der Waals surface area (Å²) >= 11 is 6.22. The fraction of sp³-hybridized carbons (Fsp3) is 0.273. The molecule has 0 radical (unpaired) electrons. The first-order valence-corrected chi connectivity index (χ1v) is 13.7. The molecular weight excluding hydrogens is 542 g/mol. The third kappa shape index (κ3) is 5.30. The molecule has 1 amide bonds. The number of halogens is 1. The van der Waals surface area contributed by atoms with Crippen molar-refractivity contribution in [3.05, 3.63) is 100.0 Å². The van der Waals surface area contributed by atoms with Crippen molar-refractivity contribution >= 4 is 39.9 Å². The van der Waals surface area contributed by atoms with Crippen LogP contribution in [0, 0.1) is 0 Å². The maximum atomic E-state index is 14.0. The molecule has 1 aliphatic rings. The third-order valence-corrected chi connectivity index (χ3v) is 7.24. The van der Waals surface area contributed by atoms with E-state index in [2.05, 4.69) is 20.8 Å². The van der Waals surface area contributed by atoms with Crippen LogP contribution in [0.2, 0.25) is 5.02 Å². The Morgan fingerprint density at radius 1 is 1.02 bits per heavy atom. The molecule has 2 heterocycles. The van der Waals surface area contributed by atoms with Gasteiger partial charge in [-0.25, -0.2) is 0 Å². The minimum atomic E-state index is -0.903. The first-order chi connectivity index (χ1) is 19.4. The van der Waals surface area contributed by atoms with Crippen LogP contribution in [-0.2, 0) is 10.2 Å². The van der Waals surface area contributed by atoms with Crippen LogP contribution in [0.4, 0.5) is 5.69 Å². The van der Waals surface area contributed by atoms with Gasteiger partial charge in [0.05, 0.1) is 24.8 Å². The summed E-state index contributed by atoms with van der Waals surface area (Å²) < 4.78 is 17.1. The van der Waals surface area contributed by atoms with Gasteiger partial charge >= 0.3 is 0 Å². The van der Waals surface area contributed by atoms with E-state index in [1.807, 2.05) is 38.1 Å². The number of furan rings is 1. The zero-order valence-corrected chi connectivity index (χ0v) is 24.6. The van der Waals surface area contributed by atoms with Crippen molar-refractivity contribution in [2.45, 2.75) is 52.2 Å². The minimum Gasteiger partial charge on any atom is -0.503 e. The highest BCUT2D eigenvalue weighted by Gasteiger charge is 2.45. The second-order valence-electron chi connectivity index (χ2n) is 11.3. The normalized spacial score (nSPS) is 15.8. The Balaban J connectivity index is 1.62. The standard InChI is InChI=1S/C33H32ClNO6/c1-18(2)40-24-13-11-23(12-14-24)35-28(19-7-9-21(10-8-19)33(3,4)5)27(30(37)32(35)38)29(36)25-16-20-15-22(34)17-26(39-6)31(20)41-25/h7-18,28,37H,1-6H3. The number of ether oxygens (including phenoxy) is 2. The van der Waals surface area contributed by atoms with Gasteiger partial charge in [0.1, 0.15) is 5.75 Å². The Labute approximate surface area is 243 Å². The molecule has 8 heteroatoms. The smallest absolute Gasteiger partial charge is 0.294 e. The highest BCUT2D eigenvalue weighted by molar-refractivity contribution is 6.31. The van der Waals surface area contributed by atoms with Crippen molar-refractivity contribution in [2.75, 3.05) is 12.0 Å². The van der Waals surface area contributed by atoms with Crippen LogP contribution in [0.3, 0.4) is 0 Å². The van der Waals surface area contributed by atoms with E-state index in [-0.39, 0.29) is 22.9 Å². The zero-order valence-electron chi connectivity index (χ0n) is 23.8. The number of aliphatic hydroxyl groups is 1. The Morgan fingerprint density at radius 2 is 1.68 bits per heavy atom. The Morgan fingerprint density at radius 3 is 2.27 bits per heavy atom. The van der Waals surface area contributed by atoms with Crippen LogP contribution < -0.4 is 14.4 Å². The number of benzene rings is 3. The molecular formula is C33H32ClNO6. The topological polar surface area (TPSA) is 89.2 Å². The second kappa shape index (κ2) is 10.6. The highest BCUT2D eigenvalue weighted by atomic mass is 35.5. The number of hydrogen-bond acceptors (Lipinski definition) is 6. The van der Waals surface area contributed by atoms with Crippen LogP contribution >= 0.6 is 11.6 Å². The molecule has 1 aromatic heterocycles. The minimum absolute atomic E-state index is 0.0180. The first kappa shape index (κ1) is 28.3. The Kier molecular flexibility index (Phi) is 7.34. The molecule has 0 aliphatic carbocycles. The summed E-state index contributed by atoms with van der Waals surface area (Å²) in [5.74, 6) is -0.969. The van der Waals surface area contributed by atoms with Crippen LogP contribution in [0.5, 0.6) is 11.5 Å². The molecule has 1 atom stereocenters. The van der Waals surface area contributed by atoms with Gasteiger partial charge in [-0.2, -0.15) is 0 Å². The largest absolute Gasteiger partial charge is 0.503 e. The summed E-state index contributed by atoms with van der Waals surface area (Å²) in [6.07, 6.45) is -0.0180. The molecule has 0 bridgehead atoms. The molecule has 41 heavy (non-hydrogen) atoms. The molecule has 212 valence electrons. The van der Waals surface area contributed by atoms with E-state index < -0.39 is 23.5 Å². The van der Waals surface area contributed by atoms with Crippen molar-refractivity contribution in [3.8, 4) is 11.5 Å². The van der Waals surface area contributed by atoms with E-state index in [9.17, 15) is 14.7 Å². The molecule has 4 aromatic rings. The average Bonchev–Trinajstić information content (AvgIpc) is 3.46. The molecule has 3 aromatic carbocycles. The van der Waals surface area contributed by atoms with Crippen molar-refractivity contribution in [1.82, 2.24) is 0 Å². The fourth-order valence-electron chi connectivity index (χ4n) is 5.02. The van der Waals surface area contributed by atoms with E-state index in [0.29, 0.717) is 38.7 Å². The number of fused-ring (bicyclic) bond motifs is 1. The second-order valence-corrected chi connectivity index (χ2v) is 11.8. The summed E-state index contributed by atoms with van der Waals surface area (Å²) in [5.41, 5.74) is 2.43. The lowest BCUT2D eigenvalue weighted by Gasteiger charge is -2.28. The lowest BCUT2D eigenvalue weighted by Crippen LogP contribution is -2.31. The molecule has 0 spiro atoms. The number of hydrogen-bond donors (Lipinski definition) is 1. The van der Waals surface area contributed by atoms with E-state index in [1.165, 1.54) is 18.1 Å². The summed E-state index contributed by atoms with van der Waals surface area (Å²) in [4.78, 5) is 29.1. The summed E-state index contributed by atoms with van der Waals surface area (Å²) in [7, 11) is 1.48. The van der Waals surface area contributed by atoms with Gasteiger partial charge in [0.2, 0.25) is 5.78 Å². The predicted octanol–water partition coefficient (Wildman–Crippen LogP) is 7.96. The van der Waals surface area contributed by atoms with Crippen molar-refractivity contribution in [2.24, 2.45) is 0 Å². The number of ketones is 1.